The number of ether oxygens (including phenoxy) is 1. The number of carbonyl (C=O) groups is 1. The Morgan fingerprint density at radius 2 is 2.12 bits per heavy atom. The molecule has 1 aromatic carbocycles. The first-order chi connectivity index (χ1) is 15.8. The van der Waals surface area contributed by atoms with E-state index < -0.39 is 16.1 Å². The zero-order valence-corrected chi connectivity index (χ0v) is 21.1. The summed E-state index contributed by atoms with van der Waals surface area (Å²) in [7, 11) is -3.71. The van der Waals surface area contributed by atoms with Crippen molar-refractivity contribution >= 4 is 54.0 Å². The summed E-state index contributed by atoms with van der Waals surface area (Å²) in [5.74, 6) is -0.212. The summed E-state index contributed by atoms with van der Waals surface area (Å²) in [6, 6.07) is 6.77. The van der Waals surface area contributed by atoms with E-state index in [1.807, 2.05) is 13.8 Å². The second-order valence-electron chi connectivity index (χ2n) is 8.71. The highest BCUT2D eigenvalue weighted by Gasteiger charge is 2.43. The number of fused-ring (bicyclic) bond motifs is 1. The lowest BCUT2D eigenvalue weighted by Crippen LogP contribution is -2.49. The lowest BCUT2D eigenvalue weighted by Gasteiger charge is -2.29. The zero-order chi connectivity index (χ0) is 23.2. The van der Waals surface area contributed by atoms with Crippen molar-refractivity contribution < 1.29 is 17.9 Å². The molecule has 3 aromatic rings. The number of thiazole rings is 1. The van der Waals surface area contributed by atoms with Crippen molar-refractivity contribution in [1.82, 2.24) is 9.29 Å². The van der Waals surface area contributed by atoms with Gasteiger partial charge in [0.1, 0.15) is 10.3 Å². The quantitative estimate of drug-likeness (QED) is 0.498. The van der Waals surface area contributed by atoms with Crippen molar-refractivity contribution in [1.29, 1.82) is 0 Å². The molecule has 7 nitrogen and oxygen atoms in total. The highest BCUT2D eigenvalue weighted by atomic mass is 32.2. The number of aryl methyl sites for hydroxylation is 2. The smallest absolute Gasteiger partial charge is 0.253 e. The van der Waals surface area contributed by atoms with Gasteiger partial charge in [-0.2, -0.15) is 4.31 Å². The van der Waals surface area contributed by atoms with E-state index in [-0.39, 0.29) is 16.2 Å². The molecule has 2 aliphatic heterocycles. The van der Waals surface area contributed by atoms with Crippen molar-refractivity contribution in [3.05, 3.63) is 40.8 Å². The number of carbonyl (C=O) groups excluding carboxylic acids is 1. The number of hydrogen-bond acceptors (Lipinski definition) is 7. The molecule has 0 N–H and O–H groups in total. The fraction of sp³-hybridized carbons (Fsp3) is 0.478. The average Bonchev–Trinajstić information content (AvgIpc) is 3.57. The van der Waals surface area contributed by atoms with Crippen LogP contribution in [-0.2, 0) is 19.6 Å². The van der Waals surface area contributed by atoms with Crippen molar-refractivity contribution in [2.75, 3.05) is 24.6 Å². The predicted molar refractivity (Wildman–Crippen MR) is 132 cm³/mol. The van der Waals surface area contributed by atoms with Gasteiger partial charge < -0.3 is 4.74 Å². The van der Waals surface area contributed by atoms with Crippen LogP contribution in [0.3, 0.4) is 0 Å². The highest BCUT2D eigenvalue weighted by molar-refractivity contribution is 7.91. The van der Waals surface area contributed by atoms with Gasteiger partial charge in [0, 0.05) is 13.2 Å². The number of sulfonamides is 1. The molecule has 5 rings (SSSR count). The number of nitrogens with zero attached hydrogens (tertiary/aromatic N) is 3. The van der Waals surface area contributed by atoms with Crippen LogP contribution in [-0.4, -0.2) is 55.5 Å². The van der Waals surface area contributed by atoms with Crippen LogP contribution in [0.2, 0.25) is 0 Å². The molecule has 2 fully saturated rings. The summed E-state index contributed by atoms with van der Waals surface area (Å²) in [5.41, 5.74) is 3.11. The van der Waals surface area contributed by atoms with Crippen molar-refractivity contribution in [2.24, 2.45) is 0 Å². The minimum absolute atomic E-state index is 0.0625. The number of anilines is 1. The highest BCUT2D eigenvalue weighted by Crippen LogP contribution is 2.35. The summed E-state index contributed by atoms with van der Waals surface area (Å²) >= 11 is 2.67. The van der Waals surface area contributed by atoms with Crippen LogP contribution < -0.4 is 4.90 Å². The van der Waals surface area contributed by atoms with Crippen molar-refractivity contribution in [3.63, 3.8) is 0 Å². The Morgan fingerprint density at radius 3 is 2.85 bits per heavy atom. The summed E-state index contributed by atoms with van der Waals surface area (Å²) in [6.07, 6.45) is 2.95. The van der Waals surface area contributed by atoms with Gasteiger partial charge in [0.2, 0.25) is 5.91 Å². The van der Waals surface area contributed by atoms with Gasteiger partial charge in [-0.25, -0.2) is 13.4 Å². The Balaban J connectivity index is 1.51. The van der Waals surface area contributed by atoms with E-state index >= 15 is 0 Å². The molecule has 0 bridgehead atoms. The van der Waals surface area contributed by atoms with Gasteiger partial charge in [0.15, 0.2) is 5.13 Å². The average molecular weight is 506 g/mol. The van der Waals surface area contributed by atoms with E-state index in [0.29, 0.717) is 37.7 Å². The van der Waals surface area contributed by atoms with Crippen LogP contribution in [0.5, 0.6) is 0 Å². The maximum absolute atomic E-state index is 13.9. The number of benzene rings is 1. The Kier molecular flexibility index (Phi) is 6.30. The normalized spacial score (nSPS) is 21.8. The number of rotatable bonds is 6. The van der Waals surface area contributed by atoms with E-state index in [9.17, 15) is 13.2 Å². The van der Waals surface area contributed by atoms with Crippen molar-refractivity contribution in [3.8, 4) is 0 Å². The minimum atomic E-state index is -3.71. The zero-order valence-electron chi connectivity index (χ0n) is 18.7. The van der Waals surface area contributed by atoms with Gasteiger partial charge in [-0.05, 0) is 68.2 Å². The molecule has 2 aromatic heterocycles. The van der Waals surface area contributed by atoms with Crippen LogP contribution >= 0.6 is 22.7 Å². The first-order valence-corrected chi connectivity index (χ1v) is 14.3. The molecule has 10 heteroatoms. The van der Waals surface area contributed by atoms with Crippen LogP contribution in [0.4, 0.5) is 5.13 Å². The fourth-order valence-corrected chi connectivity index (χ4v) is 8.64. The Bertz CT molecular complexity index is 1260. The number of amides is 1. The van der Waals surface area contributed by atoms with E-state index in [1.165, 1.54) is 27.0 Å². The molecule has 2 atom stereocenters. The Morgan fingerprint density at radius 1 is 1.27 bits per heavy atom. The van der Waals surface area contributed by atoms with Gasteiger partial charge in [-0.3, -0.25) is 9.69 Å². The SMILES string of the molecule is Cc1cc(C)c2nc(N(CC3CCCO3)C(=O)C3CCCN3S(=O)(=O)c3cccs3)sc2c1. The van der Waals surface area contributed by atoms with Gasteiger partial charge in [0.05, 0.1) is 22.9 Å². The molecule has 33 heavy (non-hydrogen) atoms. The summed E-state index contributed by atoms with van der Waals surface area (Å²) < 4.78 is 35.1. The van der Waals surface area contributed by atoms with Gasteiger partial charge in [-0.1, -0.05) is 23.5 Å². The standard InChI is InChI=1S/C23H27N3O4S3/c1-15-12-16(2)21-19(13-15)32-23(24-21)25(14-17-6-4-10-30-17)22(27)18-7-3-9-26(18)33(28,29)20-8-5-11-31-20/h5,8,11-13,17-18H,3-4,6-7,9-10,14H2,1-2H3. The molecule has 0 saturated carbocycles. The summed E-state index contributed by atoms with van der Waals surface area (Å²) in [4.78, 5) is 20.4. The van der Waals surface area contributed by atoms with E-state index in [0.717, 1.165) is 34.2 Å². The first-order valence-electron chi connectivity index (χ1n) is 11.2. The molecule has 4 heterocycles. The molecule has 2 saturated heterocycles. The number of hydrogen-bond donors (Lipinski definition) is 0. The number of thiophene rings is 1. The molecule has 0 aliphatic carbocycles. The van der Waals surface area contributed by atoms with E-state index in [2.05, 4.69) is 12.1 Å². The molecular formula is C23H27N3O4S3. The molecular weight excluding hydrogens is 478 g/mol. The van der Waals surface area contributed by atoms with Gasteiger partial charge in [0.25, 0.3) is 10.0 Å². The van der Waals surface area contributed by atoms with Crippen LogP contribution in [0.15, 0.2) is 33.9 Å². The monoisotopic (exact) mass is 505 g/mol. The number of aromatic nitrogens is 1. The fourth-order valence-electron chi connectivity index (χ4n) is 4.71. The lowest BCUT2D eigenvalue weighted by atomic mass is 10.1. The molecule has 0 spiro atoms. The largest absolute Gasteiger partial charge is 0.376 e. The van der Waals surface area contributed by atoms with E-state index in [4.69, 9.17) is 9.72 Å². The molecule has 0 radical (unpaired) electrons. The molecule has 2 unspecified atom stereocenters. The maximum Gasteiger partial charge on any atom is 0.253 e. The Hall–Kier alpha value is -1.85. The minimum Gasteiger partial charge on any atom is -0.376 e. The first kappa shape index (κ1) is 22.9. The molecule has 2 aliphatic rings. The van der Waals surface area contributed by atoms with Crippen LogP contribution in [0, 0.1) is 13.8 Å². The lowest BCUT2D eigenvalue weighted by molar-refractivity contribution is -0.122. The van der Waals surface area contributed by atoms with Gasteiger partial charge >= 0.3 is 0 Å². The van der Waals surface area contributed by atoms with E-state index in [1.54, 1.807) is 22.4 Å². The third kappa shape index (κ3) is 4.35. The second-order valence-corrected chi connectivity index (χ2v) is 12.8. The summed E-state index contributed by atoms with van der Waals surface area (Å²) in [5, 5.41) is 2.36. The van der Waals surface area contributed by atoms with Crippen molar-refractivity contribution in [2.45, 2.75) is 55.9 Å². The molecule has 176 valence electrons. The predicted octanol–water partition coefficient (Wildman–Crippen LogP) is 4.34. The third-order valence-electron chi connectivity index (χ3n) is 6.27. The third-order valence-corrected chi connectivity index (χ3v) is 10.6. The molecule has 1 amide bonds. The maximum atomic E-state index is 13.9. The summed E-state index contributed by atoms with van der Waals surface area (Å²) in [6.45, 7) is 5.50. The topological polar surface area (TPSA) is 79.8 Å². The second kappa shape index (κ2) is 9.07. The van der Waals surface area contributed by atoms with Crippen LogP contribution in [0.25, 0.3) is 10.2 Å². The Labute approximate surface area is 202 Å². The van der Waals surface area contributed by atoms with Crippen LogP contribution in [0.1, 0.15) is 36.8 Å². The van der Waals surface area contributed by atoms with Gasteiger partial charge in [-0.15, -0.1) is 11.3 Å².